The lowest BCUT2D eigenvalue weighted by molar-refractivity contribution is -0.115. The Hall–Kier alpha value is -2.89. The zero-order valence-electron chi connectivity index (χ0n) is 11.4. The molecule has 1 aromatic carbocycles. The smallest absolute Gasteiger partial charge is 0.339 e. The number of aromatic carboxylic acids is 1. The first kappa shape index (κ1) is 14.5. The molecular weight excluding hydrogens is 272 g/mol. The number of aromatic nitrogens is 1. The summed E-state index contributed by atoms with van der Waals surface area (Å²) in [5, 5.41) is 11.5. The van der Waals surface area contributed by atoms with Crippen LogP contribution in [0.15, 0.2) is 42.6 Å². The highest BCUT2D eigenvalue weighted by atomic mass is 16.5. The Kier molecular flexibility index (Phi) is 4.50. The number of nitrogens with one attached hydrogen (secondary N) is 1. The van der Waals surface area contributed by atoms with Crippen molar-refractivity contribution in [2.24, 2.45) is 0 Å². The fourth-order valence-electron chi connectivity index (χ4n) is 1.78. The van der Waals surface area contributed by atoms with Gasteiger partial charge in [-0.05, 0) is 29.8 Å². The van der Waals surface area contributed by atoms with E-state index in [1.165, 1.54) is 18.3 Å². The van der Waals surface area contributed by atoms with Crippen molar-refractivity contribution in [2.75, 3.05) is 12.4 Å². The maximum Gasteiger partial charge on any atom is 0.339 e. The Morgan fingerprint density at radius 3 is 2.57 bits per heavy atom. The molecule has 2 rings (SSSR count). The third-order valence-electron chi connectivity index (χ3n) is 2.82. The number of ether oxygens (including phenoxy) is 1. The number of rotatable bonds is 5. The van der Waals surface area contributed by atoms with Gasteiger partial charge in [-0.25, -0.2) is 9.78 Å². The molecular formula is C15H14N2O4. The lowest BCUT2D eigenvalue weighted by Gasteiger charge is -2.07. The van der Waals surface area contributed by atoms with E-state index in [4.69, 9.17) is 9.84 Å². The first-order valence-electron chi connectivity index (χ1n) is 6.21. The second kappa shape index (κ2) is 6.51. The molecule has 108 valence electrons. The minimum atomic E-state index is -1.14. The number of carbonyl (C=O) groups is 2. The van der Waals surface area contributed by atoms with Crippen LogP contribution in [0.2, 0.25) is 0 Å². The van der Waals surface area contributed by atoms with Gasteiger partial charge in [0.15, 0.2) is 0 Å². The molecule has 0 saturated heterocycles. The van der Waals surface area contributed by atoms with Crippen LogP contribution in [0.1, 0.15) is 15.9 Å². The molecule has 2 N–H and O–H groups in total. The average Bonchev–Trinajstić information content (AvgIpc) is 2.48. The van der Waals surface area contributed by atoms with Gasteiger partial charge in [0, 0.05) is 6.20 Å². The van der Waals surface area contributed by atoms with E-state index >= 15 is 0 Å². The number of methoxy groups -OCH3 is 1. The van der Waals surface area contributed by atoms with Crippen LogP contribution in [-0.4, -0.2) is 29.1 Å². The number of carboxylic acid groups (broad SMARTS) is 1. The monoisotopic (exact) mass is 286 g/mol. The number of nitrogens with zero attached hydrogens (tertiary/aromatic N) is 1. The summed E-state index contributed by atoms with van der Waals surface area (Å²) >= 11 is 0. The number of carbonyl (C=O) groups excluding carboxylic acids is 1. The molecule has 0 radical (unpaired) electrons. The predicted octanol–water partition coefficient (Wildman–Crippen LogP) is 1.97. The number of carboxylic acids is 1. The summed E-state index contributed by atoms with van der Waals surface area (Å²) in [5.41, 5.74) is 0.752. The van der Waals surface area contributed by atoms with Gasteiger partial charge in [0.2, 0.25) is 5.91 Å². The lowest BCUT2D eigenvalue weighted by Crippen LogP contribution is -2.17. The second-order valence-electron chi connectivity index (χ2n) is 4.28. The zero-order chi connectivity index (χ0) is 15.2. The Morgan fingerprint density at radius 2 is 1.95 bits per heavy atom. The van der Waals surface area contributed by atoms with E-state index in [9.17, 15) is 9.59 Å². The summed E-state index contributed by atoms with van der Waals surface area (Å²) in [7, 11) is 1.57. The molecule has 0 fully saturated rings. The molecule has 0 aliphatic rings. The van der Waals surface area contributed by atoms with E-state index in [2.05, 4.69) is 10.3 Å². The molecule has 1 heterocycles. The van der Waals surface area contributed by atoms with Crippen molar-refractivity contribution < 1.29 is 19.4 Å². The Labute approximate surface area is 121 Å². The molecule has 1 amide bonds. The molecule has 6 nitrogen and oxygen atoms in total. The fourth-order valence-corrected chi connectivity index (χ4v) is 1.78. The fraction of sp³-hybridized carbons (Fsp3) is 0.133. The van der Waals surface area contributed by atoms with Gasteiger partial charge < -0.3 is 15.2 Å². The molecule has 2 aromatic rings. The van der Waals surface area contributed by atoms with Crippen LogP contribution in [0.3, 0.4) is 0 Å². The summed E-state index contributed by atoms with van der Waals surface area (Å²) < 4.78 is 5.04. The molecule has 0 spiro atoms. The van der Waals surface area contributed by atoms with Gasteiger partial charge in [0.25, 0.3) is 0 Å². The topological polar surface area (TPSA) is 88.5 Å². The largest absolute Gasteiger partial charge is 0.497 e. The summed E-state index contributed by atoms with van der Waals surface area (Å²) in [6.07, 6.45) is 1.55. The van der Waals surface area contributed by atoms with Crippen molar-refractivity contribution in [3.63, 3.8) is 0 Å². The Bertz CT molecular complexity index is 653. The van der Waals surface area contributed by atoms with E-state index < -0.39 is 5.97 Å². The third kappa shape index (κ3) is 3.79. The van der Waals surface area contributed by atoms with Gasteiger partial charge in [-0.2, -0.15) is 0 Å². The highest BCUT2D eigenvalue weighted by molar-refractivity contribution is 5.99. The minimum absolute atomic E-state index is 0.0411. The highest BCUT2D eigenvalue weighted by Crippen LogP contribution is 2.14. The third-order valence-corrected chi connectivity index (χ3v) is 2.82. The van der Waals surface area contributed by atoms with Crippen LogP contribution >= 0.6 is 0 Å². The van der Waals surface area contributed by atoms with E-state index in [0.717, 1.165) is 5.56 Å². The first-order valence-corrected chi connectivity index (χ1v) is 6.21. The molecule has 0 unspecified atom stereocenters. The van der Waals surface area contributed by atoms with E-state index in [-0.39, 0.29) is 23.7 Å². The maximum absolute atomic E-state index is 11.9. The molecule has 0 saturated carbocycles. The number of anilines is 1. The Balaban J connectivity index is 2.06. The van der Waals surface area contributed by atoms with Crippen molar-refractivity contribution in [1.82, 2.24) is 4.98 Å². The Morgan fingerprint density at radius 1 is 1.24 bits per heavy atom. The van der Waals surface area contributed by atoms with Gasteiger partial charge >= 0.3 is 5.97 Å². The van der Waals surface area contributed by atoms with Crippen molar-refractivity contribution in [1.29, 1.82) is 0 Å². The first-order chi connectivity index (χ1) is 10.1. The number of hydrogen-bond donors (Lipinski definition) is 2. The SMILES string of the molecule is COc1ccc(CC(=O)Nc2ncccc2C(=O)O)cc1. The van der Waals surface area contributed by atoms with Crippen molar-refractivity contribution in [2.45, 2.75) is 6.42 Å². The second-order valence-corrected chi connectivity index (χ2v) is 4.28. The van der Waals surface area contributed by atoms with Gasteiger partial charge in [-0.1, -0.05) is 12.1 Å². The van der Waals surface area contributed by atoms with Crippen LogP contribution in [-0.2, 0) is 11.2 Å². The van der Waals surface area contributed by atoms with Crippen LogP contribution in [0.4, 0.5) is 5.82 Å². The number of pyridine rings is 1. The normalized spacial score (nSPS) is 9.95. The van der Waals surface area contributed by atoms with Gasteiger partial charge in [0.05, 0.1) is 13.5 Å². The zero-order valence-corrected chi connectivity index (χ0v) is 11.4. The summed E-state index contributed by atoms with van der Waals surface area (Å²) in [4.78, 5) is 26.8. The van der Waals surface area contributed by atoms with Crippen LogP contribution in [0.5, 0.6) is 5.75 Å². The van der Waals surface area contributed by atoms with Crippen LogP contribution < -0.4 is 10.1 Å². The van der Waals surface area contributed by atoms with Crippen molar-refractivity contribution in [3.8, 4) is 5.75 Å². The molecule has 21 heavy (non-hydrogen) atoms. The van der Waals surface area contributed by atoms with Crippen LogP contribution in [0.25, 0.3) is 0 Å². The van der Waals surface area contributed by atoms with Crippen molar-refractivity contribution >= 4 is 17.7 Å². The highest BCUT2D eigenvalue weighted by Gasteiger charge is 2.13. The predicted molar refractivity (Wildman–Crippen MR) is 76.5 cm³/mol. The van der Waals surface area contributed by atoms with Gasteiger partial charge in [0.1, 0.15) is 17.1 Å². The van der Waals surface area contributed by atoms with Gasteiger partial charge in [-0.15, -0.1) is 0 Å². The number of hydrogen-bond acceptors (Lipinski definition) is 4. The van der Waals surface area contributed by atoms with Crippen molar-refractivity contribution in [3.05, 3.63) is 53.7 Å². The van der Waals surface area contributed by atoms with Crippen LogP contribution in [0, 0.1) is 0 Å². The lowest BCUT2D eigenvalue weighted by atomic mass is 10.1. The summed E-state index contributed by atoms with van der Waals surface area (Å²) in [5.74, 6) is -0.718. The summed E-state index contributed by atoms with van der Waals surface area (Å²) in [6, 6.07) is 9.95. The maximum atomic E-state index is 11.9. The standard InChI is InChI=1S/C15H14N2O4/c1-21-11-6-4-10(5-7-11)9-13(18)17-14-12(15(19)20)3-2-8-16-14/h2-8H,9H2,1H3,(H,19,20)(H,16,17,18). The molecule has 0 bridgehead atoms. The minimum Gasteiger partial charge on any atom is -0.497 e. The molecule has 1 aromatic heterocycles. The molecule has 6 heteroatoms. The molecule has 0 atom stereocenters. The van der Waals surface area contributed by atoms with E-state index in [1.807, 2.05) is 0 Å². The molecule has 0 aliphatic heterocycles. The average molecular weight is 286 g/mol. The number of amides is 1. The van der Waals surface area contributed by atoms with E-state index in [1.54, 1.807) is 31.4 Å². The summed E-state index contributed by atoms with van der Waals surface area (Å²) in [6.45, 7) is 0. The quantitative estimate of drug-likeness (QED) is 0.877. The van der Waals surface area contributed by atoms with Gasteiger partial charge in [-0.3, -0.25) is 4.79 Å². The van der Waals surface area contributed by atoms with E-state index in [0.29, 0.717) is 5.75 Å². The molecule has 0 aliphatic carbocycles. The number of benzene rings is 1.